The van der Waals surface area contributed by atoms with Crippen LogP contribution in [0.5, 0.6) is 0 Å². The van der Waals surface area contributed by atoms with E-state index in [-0.39, 0.29) is 0 Å². The second kappa shape index (κ2) is 4.97. The maximum atomic E-state index is 9.47. The minimum Gasteiger partial charge on any atom is -0.389 e. The van der Waals surface area contributed by atoms with E-state index in [0.717, 1.165) is 22.6 Å². The van der Waals surface area contributed by atoms with Gasteiger partial charge in [-0.05, 0) is 43.2 Å². The molecule has 0 saturated heterocycles. The third-order valence-electron chi connectivity index (χ3n) is 2.62. The van der Waals surface area contributed by atoms with Crippen LogP contribution in [-0.4, -0.2) is 10.1 Å². The van der Waals surface area contributed by atoms with Crippen LogP contribution in [0.15, 0.2) is 42.6 Å². The molecule has 3 nitrogen and oxygen atoms in total. The minimum absolute atomic E-state index is 0.480. The number of benzene rings is 1. The molecule has 88 valence electrons. The Bertz CT molecular complexity index is 495. The van der Waals surface area contributed by atoms with Crippen molar-refractivity contribution in [3.8, 4) is 0 Å². The summed E-state index contributed by atoms with van der Waals surface area (Å²) in [6, 6.07) is 11.8. The second-order valence-corrected chi connectivity index (χ2v) is 4.10. The number of rotatable bonds is 3. The van der Waals surface area contributed by atoms with Crippen molar-refractivity contribution >= 4 is 11.5 Å². The normalized spacial score (nSPS) is 12.2. The van der Waals surface area contributed by atoms with Crippen LogP contribution in [0.2, 0.25) is 0 Å². The van der Waals surface area contributed by atoms with Gasteiger partial charge in [-0.15, -0.1) is 0 Å². The van der Waals surface area contributed by atoms with Crippen LogP contribution >= 0.6 is 0 Å². The zero-order chi connectivity index (χ0) is 12.3. The van der Waals surface area contributed by atoms with E-state index >= 15 is 0 Å². The number of nitrogens with zero attached hydrogens (tertiary/aromatic N) is 1. The molecule has 1 atom stereocenters. The summed E-state index contributed by atoms with van der Waals surface area (Å²) in [4.78, 5) is 4.32. The monoisotopic (exact) mass is 228 g/mol. The number of anilines is 2. The molecule has 0 aliphatic heterocycles. The number of hydrogen-bond acceptors (Lipinski definition) is 3. The van der Waals surface area contributed by atoms with Crippen molar-refractivity contribution in [1.29, 1.82) is 0 Å². The molecule has 2 aromatic rings. The van der Waals surface area contributed by atoms with Crippen molar-refractivity contribution in [2.45, 2.75) is 20.0 Å². The Hall–Kier alpha value is -1.87. The third-order valence-corrected chi connectivity index (χ3v) is 2.62. The molecule has 2 rings (SSSR count). The van der Waals surface area contributed by atoms with E-state index in [1.165, 1.54) is 0 Å². The number of hydrogen-bond donors (Lipinski definition) is 2. The van der Waals surface area contributed by atoms with Gasteiger partial charge in [0.2, 0.25) is 0 Å². The first-order valence-electron chi connectivity index (χ1n) is 5.63. The smallest absolute Gasteiger partial charge is 0.133 e. The van der Waals surface area contributed by atoms with Gasteiger partial charge >= 0.3 is 0 Å². The molecule has 0 saturated carbocycles. The van der Waals surface area contributed by atoms with Gasteiger partial charge in [-0.25, -0.2) is 4.98 Å². The molecule has 0 bridgehead atoms. The van der Waals surface area contributed by atoms with Gasteiger partial charge in [-0.1, -0.05) is 18.2 Å². The number of aromatic nitrogens is 1. The highest BCUT2D eigenvalue weighted by molar-refractivity contribution is 5.59. The summed E-state index contributed by atoms with van der Waals surface area (Å²) in [5, 5.41) is 12.7. The van der Waals surface area contributed by atoms with Gasteiger partial charge in [0.15, 0.2) is 0 Å². The van der Waals surface area contributed by atoms with Gasteiger partial charge in [0.1, 0.15) is 5.82 Å². The van der Waals surface area contributed by atoms with Crippen molar-refractivity contribution in [3.05, 3.63) is 53.7 Å². The van der Waals surface area contributed by atoms with Crippen molar-refractivity contribution in [2.24, 2.45) is 0 Å². The van der Waals surface area contributed by atoms with Crippen LogP contribution in [0.3, 0.4) is 0 Å². The van der Waals surface area contributed by atoms with Crippen LogP contribution in [-0.2, 0) is 0 Å². The van der Waals surface area contributed by atoms with E-state index in [4.69, 9.17) is 0 Å². The summed E-state index contributed by atoms with van der Waals surface area (Å²) in [7, 11) is 0. The standard InChI is InChI=1S/C14H16N2O/c1-10-8-12(11(2)17)9-15-14(10)16-13-6-4-3-5-7-13/h3-9,11,17H,1-2H3,(H,15,16)/t11-/m1/s1. The molecule has 0 radical (unpaired) electrons. The molecule has 1 heterocycles. The van der Waals surface area contributed by atoms with Crippen molar-refractivity contribution in [2.75, 3.05) is 5.32 Å². The first-order chi connectivity index (χ1) is 8.16. The molecule has 2 N–H and O–H groups in total. The molecule has 1 aromatic carbocycles. The Balaban J connectivity index is 2.23. The highest BCUT2D eigenvalue weighted by Gasteiger charge is 2.05. The van der Waals surface area contributed by atoms with E-state index in [1.807, 2.05) is 43.3 Å². The van der Waals surface area contributed by atoms with E-state index in [0.29, 0.717) is 0 Å². The lowest BCUT2D eigenvalue weighted by Crippen LogP contribution is -1.99. The number of aliphatic hydroxyl groups excluding tert-OH is 1. The minimum atomic E-state index is -0.480. The maximum Gasteiger partial charge on any atom is 0.133 e. The molecule has 3 heteroatoms. The van der Waals surface area contributed by atoms with Crippen molar-refractivity contribution in [3.63, 3.8) is 0 Å². The highest BCUT2D eigenvalue weighted by atomic mass is 16.3. The second-order valence-electron chi connectivity index (χ2n) is 4.10. The Morgan fingerprint density at radius 2 is 1.94 bits per heavy atom. The maximum absolute atomic E-state index is 9.47. The molecule has 0 aliphatic carbocycles. The zero-order valence-electron chi connectivity index (χ0n) is 10.0. The van der Waals surface area contributed by atoms with Crippen LogP contribution in [0.4, 0.5) is 11.5 Å². The van der Waals surface area contributed by atoms with Crippen LogP contribution in [0.1, 0.15) is 24.2 Å². The molecular weight excluding hydrogens is 212 g/mol. The quantitative estimate of drug-likeness (QED) is 0.848. The van der Waals surface area contributed by atoms with Crippen molar-refractivity contribution < 1.29 is 5.11 Å². The largest absolute Gasteiger partial charge is 0.389 e. The number of aryl methyl sites for hydroxylation is 1. The summed E-state index contributed by atoms with van der Waals surface area (Å²) < 4.78 is 0. The molecule has 0 spiro atoms. The average molecular weight is 228 g/mol. The molecule has 0 amide bonds. The lowest BCUT2D eigenvalue weighted by molar-refractivity contribution is 0.199. The highest BCUT2D eigenvalue weighted by Crippen LogP contribution is 2.21. The molecule has 0 unspecified atom stereocenters. The summed E-state index contributed by atoms with van der Waals surface area (Å²) in [5.74, 6) is 0.820. The van der Waals surface area contributed by atoms with E-state index < -0.39 is 6.10 Å². The molecule has 17 heavy (non-hydrogen) atoms. The number of pyridine rings is 1. The number of aliphatic hydroxyl groups is 1. The van der Waals surface area contributed by atoms with E-state index in [2.05, 4.69) is 10.3 Å². The van der Waals surface area contributed by atoms with Crippen molar-refractivity contribution in [1.82, 2.24) is 4.98 Å². The van der Waals surface area contributed by atoms with Gasteiger partial charge in [0.05, 0.1) is 6.10 Å². The first-order valence-corrected chi connectivity index (χ1v) is 5.63. The Kier molecular flexibility index (Phi) is 3.40. The van der Waals surface area contributed by atoms with Crippen LogP contribution in [0, 0.1) is 6.92 Å². The van der Waals surface area contributed by atoms with Gasteiger partial charge in [-0.3, -0.25) is 0 Å². The average Bonchev–Trinajstić information content (AvgIpc) is 2.33. The molecule has 1 aromatic heterocycles. The predicted molar refractivity (Wildman–Crippen MR) is 69.3 cm³/mol. The summed E-state index contributed by atoms with van der Waals surface area (Å²) in [6.45, 7) is 3.71. The Morgan fingerprint density at radius 3 is 2.53 bits per heavy atom. The molecular formula is C14H16N2O. The van der Waals surface area contributed by atoms with E-state index in [1.54, 1.807) is 13.1 Å². The van der Waals surface area contributed by atoms with E-state index in [9.17, 15) is 5.11 Å². The predicted octanol–water partition coefficient (Wildman–Crippen LogP) is 3.19. The molecule has 0 aliphatic rings. The lowest BCUT2D eigenvalue weighted by Gasteiger charge is -2.11. The SMILES string of the molecule is Cc1cc([C@@H](C)O)cnc1Nc1ccccc1. The van der Waals surface area contributed by atoms with Gasteiger partial charge in [-0.2, -0.15) is 0 Å². The van der Waals surface area contributed by atoms with Crippen LogP contribution < -0.4 is 5.32 Å². The van der Waals surface area contributed by atoms with Crippen LogP contribution in [0.25, 0.3) is 0 Å². The van der Waals surface area contributed by atoms with Gasteiger partial charge in [0, 0.05) is 11.9 Å². The first kappa shape index (κ1) is 11.6. The zero-order valence-corrected chi connectivity index (χ0v) is 10.0. The fraction of sp³-hybridized carbons (Fsp3) is 0.214. The van der Waals surface area contributed by atoms with Gasteiger partial charge in [0.25, 0.3) is 0 Å². The summed E-state index contributed by atoms with van der Waals surface area (Å²) >= 11 is 0. The number of para-hydroxylation sites is 1. The third kappa shape index (κ3) is 2.82. The summed E-state index contributed by atoms with van der Waals surface area (Å²) in [6.07, 6.45) is 1.22. The summed E-state index contributed by atoms with van der Waals surface area (Å²) in [5.41, 5.74) is 2.86. The fourth-order valence-corrected chi connectivity index (χ4v) is 1.61. The Labute approximate surface area is 101 Å². The topological polar surface area (TPSA) is 45.2 Å². The fourth-order valence-electron chi connectivity index (χ4n) is 1.61. The number of nitrogens with one attached hydrogen (secondary N) is 1. The molecule has 0 fully saturated rings. The lowest BCUT2D eigenvalue weighted by atomic mass is 10.1. The Morgan fingerprint density at radius 1 is 1.24 bits per heavy atom. The van der Waals surface area contributed by atoms with Gasteiger partial charge < -0.3 is 10.4 Å².